The molecule has 0 saturated carbocycles. The van der Waals surface area contributed by atoms with E-state index in [4.69, 9.17) is 0 Å². The van der Waals surface area contributed by atoms with Crippen LogP contribution in [0.4, 0.5) is 13.2 Å². The van der Waals surface area contributed by atoms with E-state index in [0.717, 1.165) is 12.1 Å². The van der Waals surface area contributed by atoms with Gasteiger partial charge >= 0.3 is 6.18 Å². The number of hydrogen-bond acceptors (Lipinski definition) is 4. The van der Waals surface area contributed by atoms with Crippen molar-refractivity contribution in [2.24, 2.45) is 5.92 Å². The summed E-state index contributed by atoms with van der Waals surface area (Å²) in [5, 5.41) is -0.299. The van der Waals surface area contributed by atoms with Crippen LogP contribution in [0.2, 0.25) is 0 Å². The van der Waals surface area contributed by atoms with E-state index in [9.17, 15) is 26.4 Å². The molecule has 162 valence electrons. The smallest absolute Gasteiger partial charge is 0.326 e. The number of halogens is 3. The van der Waals surface area contributed by atoms with E-state index in [-0.39, 0.29) is 23.0 Å². The first-order valence-electron chi connectivity index (χ1n) is 9.68. The normalized spacial score (nSPS) is 22.4. The van der Waals surface area contributed by atoms with Gasteiger partial charge in [0, 0.05) is 19.6 Å². The molecule has 0 radical (unpaired) electrons. The molecule has 1 atom stereocenters. The maximum absolute atomic E-state index is 12.8. The number of carbonyl (C=O) groups is 1. The Bertz CT molecular complexity index is 820. The first kappa shape index (κ1) is 22.4. The van der Waals surface area contributed by atoms with E-state index < -0.39 is 21.8 Å². The quantitative estimate of drug-likeness (QED) is 0.663. The number of nitrogens with zero attached hydrogens (tertiary/aromatic N) is 2. The van der Waals surface area contributed by atoms with Gasteiger partial charge in [-0.15, -0.1) is 11.8 Å². The lowest BCUT2D eigenvalue weighted by Gasteiger charge is -2.34. The fourth-order valence-corrected chi connectivity index (χ4v) is 6.54. The third-order valence-electron chi connectivity index (χ3n) is 5.38. The lowest BCUT2D eigenvalue weighted by Crippen LogP contribution is -2.43. The molecule has 5 nitrogen and oxygen atoms in total. The standard InChI is InChI=1S/C19H25F3N2O3S2/c1-2-11-29(26,27)23-9-7-14(8-10-23)12-24-17(25)13-28-18(24)15-3-5-16(6-4-15)19(20,21)22/h3-6,14,18H,2,7-13H2,1H3. The van der Waals surface area contributed by atoms with Gasteiger partial charge in [0.1, 0.15) is 5.37 Å². The van der Waals surface area contributed by atoms with Crippen LogP contribution in [-0.4, -0.2) is 54.7 Å². The van der Waals surface area contributed by atoms with Crippen molar-refractivity contribution in [3.63, 3.8) is 0 Å². The number of sulfonamides is 1. The summed E-state index contributed by atoms with van der Waals surface area (Å²) in [5.74, 6) is 0.605. The molecule has 2 aliphatic rings. The average Bonchev–Trinajstić information content (AvgIpc) is 3.02. The Kier molecular flexibility index (Phi) is 6.84. The van der Waals surface area contributed by atoms with Crippen LogP contribution in [0.25, 0.3) is 0 Å². The maximum Gasteiger partial charge on any atom is 0.416 e. The van der Waals surface area contributed by atoms with Crippen molar-refractivity contribution >= 4 is 27.7 Å². The third-order valence-corrected chi connectivity index (χ3v) is 8.71. The second-order valence-corrected chi connectivity index (χ2v) is 10.6. The highest BCUT2D eigenvalue weighted by Crippen LogP contribution is 2.41. The lowest BCUT2D eigenvalue weighted by atomic mass is 9.97. The summed E-state index contributed by atoms with van der Waals surface area (Å²) in [6.45, 7) is 3.24. The van der Waals surface area contributed by atoms with Crippen molar-refractivity contribution in [1.82, 2.24) is 9.21 Å². The third kappa shape index (κ3) is 5.27. The van der Waals surface area contributed by atoms with Crippen LogP contribution in [0.1, 0.15) is 42.7 Å². The molecule has 1 amide bonds. The Labute approximate surface area is 173 Å². The maximum atomic E-state index is 12.8. The van der Waals surface area contributed by atoms with E-state index >= 15 is 0 Å². The van der Waals surface area contributed by atoms with Gasteiger partial charge in [0.05, 0.1) is 17.1 Å². The van der Waals surface area contributed by atoms with Gasteiger partial charge in [-0.2, -0.15) is 13.2 Å². The number of rotatable bonds is 6. The number of amides is 1. The van der Waals surface area contributed by atoms with Gasteiger partial charge < -0.3 is 4.90 Å². The van der Waals surface area contributed by atoms with Crippen molar-refractivity contribution in [3.8, 4) is 0 Å². The van der Waals surface area contributed by atoms with Crippen LogP contribution in [-0.2, 0) is 21.0 Å². The van der Waals surface area contributed by atoms with Crippen LogP contribution in [0, 0.1) is 5.92 Å². The summed E-state index contributed by atoms with van der Waals surface area (Å²) >= 11 is 1.41. The average molecular weight is 451 g/mol. The summed E-state index contributed by atoms with van der Waals surface area (Å²) in [4.78, 5) is 14.1. The fourth-order valence-electron chi connectivity index (χ4n) is 3.80. The molecule has 1 aromatic carbocycles. The lowest BCUT2D eigenvalue weighted by molar-refractivity contribution is -0.137. The van der Waals surface area contributed by atoms with Crippen molar-refractivity contribution in [2.45, 2.75) is 37.7 Å². The number of benzene rings is 1. The fraction of sp³-hybridized carbons (Fsp3) is 0.632. The molecule has 2 aliphatic heterocycles. The van der Waals surface area contributed by atoms with Gasteiger partial charge in [0.25, 0.3) is 0 Å². The largest absolute Gasteiger partial charge is 0.416 e. The minimum absolute atomic E-state index is 0.0269. The van der Waals surface area contributed by atoms with E-state index in [1.54, 1.807) is 4.90 Å². The minimum Gasteiger partial charge on any atom is -0.326 e. The van der Waals surface area contributed by atoms with Crippen molar-refractivity contribution in [1.29, 1.82) is 0 Å². The SMILES string of the molecule is CCCS(=O)(=O)N1CCC(CN2C(=O)CSC2c2ccc(C(F)(F)F)cc2)CC1. The Morgan fingerprint density at radius 2 is 1.76 bits per heavy atom. The van der Waals surface area contributed by atoms with Crippen LogP contribution in [0.3, 0.4) is 0 Å². The zero-order valence-corrected chi connectivity index (χ0v) is 17.8. The van der Waals surface area contributed by atoms with Gasteiger partial charge in [-0.25, -0.2) is 12.7 Å². The predicted molar refractivity (Wildman–Crippen MR) is 107 cm³/mol. The molecule has 0 aliphatic carbocycles. The highest BCUT2D eigenvalue weighted by atomic mass is 32.2. The summed E-state index contributed by atoms with van der Waals surface area (Å²) in [6, 6.07) is 4.97. The highest BCUT2D eigenvalue weighted by Gasteiger charge is 2.37. The number of thioether (sulfide) groups is 1. The first-order valence-corrected chi connectivity index (χ1v) is 12.3. The Hall–Kier alpha value is -1.26. The molecule has 0 bridgehead atoms. The zero-order valence-electron chi connectivity index (χ0n) is 16.2. The summed E-state index contributed by atoms with van der Waals surface area (Å²) in [5.41, 5.74) is -0.0282. The second-order valence-electron chi connectivity index (χ2n) is 7.49. The molecule has 1 unspecified atom stereocenters. The van der Waals surface area contributed by atoms with Gasteiger partial charge in [-0.1, -0.05) is 19.1 Å². The Balaban J connectivity index is 1.63. The van der Waals surface area contributed by atoms with Crippen molar-refractivity contribution in [3.05, 3.63) is 35.4 Å². The van der Waals surface area contributed by atoms with E-state index in [1.807, 2.05) is 6.92 Å². The topological polar surface area (TPSA) is 57.7 Å². The molecule has 3 rings (SSSR count). The van der Waals surface area contributed by atoms with Gasteiger partial charge in [0.15, 0.2) is 0 Å². The van der Waals surface area contributed by atoms with E-state index in [1.165, 1.54) is 28.2 Å². The Morgan fingerprint density at radius 3 is 2.31 bits per heavy atom. The number of carbonyl (C=O) groups excluding carboxylic acids is 1. The second kappa shape index (κ2) is 8.85. The van der Waals surface area contributed by atoms with Gasteiger partial charge in [0.2, 0.25) is 15.9 Å². The minimum atomic E-state index is -4.39. The molecule has 0 aromatic heterocycles. The molecule has 10 heteroatoms. The molecule has 0 spiro atoms. The molecule has 1 aromatic rings. The van der Waals surface area contributed by atoms with E-state index in [0.29, 0.717) is 50.2 Å². The Morgan fingerprint density at radius 1 is 1.14 bits per heavy atom. The molecular weight excluding hydrogens is 425 g/mol. The predicted octanol–water partition coefficient (Wildman–Crippen LogP) is 3.73. The van der Waals surface area contributed by atoms with Crippen LogP contribution in [0.15, 0.2) is 24.3 Å². The van der Waals surface area contributed by atoms with Crippen molar-refractivity contribution in [2.75, 3.05) is 31.1 Å². The number of piperidine rings is 1. The highest BCUT2D eigenvalue weighted by molar-refractivity contribution is 8.00. The molecule has 2 heterocycles. The monoisotopic (exact) mass is 450 g/mol. The summed E-state index contributed by atoms with van der Waals surface area (Å²) in [6.07, 6.45) is -2.45. The number of alkyl halides is 3. The summed E-state index contributed by atoms with van der Waals surface area (Å²) < 4.78 is 64.3. The summed E-state index contributed by atoms with van der Waals surface area (Å²) in [7, 11) is -3.21. The molecule has 29 heavy (non-hydrogen) atoms. The van der Waals surface area contributed by atoms with Crippen LogP contribution in [0.5, 0.6) is 0 Å². The molecule has 2 saturated heterocycles. The zero-order chi connectivity index (χ0) is 21.2. The molecule has 2 fully saturated rings. The van der Waals surface area contributed by atoms with E-state index in [2.05, 4.69) is 0 Å². The van der Waals surface area contributed by atoms with Crippen LogP contribution >= 0.6 is 11.8 Å². The molecular formula is C19H25F3N2O3S2. The first-order chi connectivity index (χ1) is 13.6. The van der Waals surface area contributed by atoms with Crippen LogP contribution < -0.4 is 0 Å². The number of hydrogen-bond donors (Lipinski definition) is 0. The van der Waals surface area contributed by atoms with Gasteiger partial charge in [-0.05, 0) is 42.9 Å². The van der Waals surface area contributed by atoms with Gasteiger partial charge in [-0.3, -0.25) is 4.79 Å². The molecule has 0 N–H and O–H groups in total. The van der Waals surface area contributed by atoms with Crippen molar-refractivity contribution < 1.29 is 26.4 Å².